The first kappa shape index (κ1) is 6.46. The van der Waals surface area contributed by atoms with Gasteiger partial charge in [-0.15, -0.1) is 0 Å². The molecule has 0 aliphatic heterocycles. The molecule has 0 heterocycles. The van der Waals surface area contributed by atoms with Gasteiger partial charge in [0.15, 0.2) is 17.5 Å². The van der Waals surface area contributed by atoms with Crippen LogP contribution in [0.3, 0.4) is 0 Å². The number of hydrogen-bond acceptors (Lipinski definition) is 0. The van der Waals surface area contributed by atoms with Gasteiger partial charge in [-0.2, -0.15) is 0 Å². The molecule has 1 aliphatic carbocycles. The van der Waals surface area contributed by atoms with Crippen LogP contribution in [0.5, 0.6) is 0 Å². The summed E-state index contributed by atoms with van der Waals surface area (Å²) in [6.07, 6.45) is 2.94. The third-order valence-electron chi connectivity index (χ3n) is 1.66. The number of rotatable bonds is 0. The molecular weight excluding hydrogens is 153 g/mol. The quantitative estimate of drug-likeness (QED) is 0.514. The first-order chi connectivity index (χ1) is 5.20. The molecule has 2 rings (SSSR count). The van der Waals surface area contributed by atoms with Crippen molar-refractivity contribution >= 4 is 12.2 Å². The van der Waals surface area contributed by atoms with E-state index < -0.39 is 17.5 Å². The van der Waals surface area contributed by atoms with Crippen molar-refractivity contribution in [1.29, 1.82) is 0 Å². The molecule has 0 saturated carbocycles. The highest BCUT2D eigenvalue weighted by molar-refractivity contribution is 5.85. The van der Waals surface area contributed by atoms with Gasteiger partial charge in [0.05, 0.1) is 0 Å². The normalized spacial score (nSPS) is 12.6. The molecule has 0 spiro atoms. The van der Waals surface area contributed by atoms with E-state index in [4.69, 9.17) is 0 Å². The van der Waals surface area contributed by atoms with Gasteiger partial charge in [0.2, 0.25) is 0 Å². The van der Waals surface area contributed by atoms with Crippen molar-refractivity contribution in [3.8, 4) is 0 Å². The zero-order valence-electron chi connectivity index (χ0n) is 5.37. The molecule has 0 aromatic heterocycles. The monoisotopic (exact) mass is 156 g/mol. The van der Waals surface area contributed by atoms with E-state index >= 15 is 0 Å². The lowest BCUT2D eigenvalue weighted by molar-refractivity contribution is 0.445. The lowest BCUT2D eigenvalue weighted by Gasteiger charge is -2.11. The second-order valence-electron chi connectivity index (χ2n) is 2.32. The number of hydrogen-bond donors (Lipinski definition) is 0. The largest absolute Gasteiger partial charge is 0.204 e. The minimum Gasteiger partial charge on any atom is -0.204 e. The Balaban J connectivity index is 2.74. The first-order valence-electron chi connectivity index (χ1n) is 3.05. The zero-order chi connectivity index (χ0) is 8.01. The topological polar surface area (TPSA) is 0 Å². The lowest BCUT2D eigenvalue weighted by Crippen LogP contribution is -2.01. The number of benzene rings is 1. The van der Waals surface area contributed by atoms with Crippen LogP contribution >= 0.6 is 0 Å². The van der Waals surface area contributed by atoms with Crippen molar-refractivity contribution in [2.24, 2.45) is 0 Å². The molecule has 0 unspecified atom stereocenters. The summed E-state index contributed by atoms with van der Waals surface area (Å²) in [5, 5.41) is 0. The van der Waals surface area contributed by atoms with E-state index in [1.54, 1.807) is 0 Å². The van der Waals surface area contributed by atoms with E-state index in [1.807, 2.05) is 0 Å². The van der Waals surface area contributed by atoms with Crippen molar-refractivity contribution in [2.75, 3.05) is 0 Å². The fourth-order valence-electron chi connectivity index (χ4n) is 1.01. The summed E-state index contributed by atoms with van der Waals surface area (Å²) in [6.45, 7) is 0. The SMILES string of the molecule is Fc1cc2c(c(F)c1F)C=C2. The van der Waals surface area contributed by atoms with Gasteiger partial charge in [0.25, 0.3) is 0 Å². The van der Waals surface area contributed by atoms with Crippen LogP contribution in [0.1, 0.15) is 11.1 Å². The molecule has 1 aromatic carbocycles. The summed E-state index contributed by atoms with van der Waals surface area (Å²) >= 11 is 0. The van der Waals surface area contributed by atoms with E-state index in [9.17, 15) is 13.2 Å². The molecule has 3 heteroatoms. The van der Waals surface area contributed by atoms with E-state index in [-0.39, 0.29) is 5.56 Å². The second kappa shape index (κ2) is 1.87. The van der Waals surface area contributed by atoms with E-state index in [0.717, 1.165) is 6.07 Å². The molecule has 0 saturated heterocycles. The molecule has 0 fully saturated rings. The highest BCUT2D eigenvalue weighted by Gasteiger charge is 2.19. The Kier molecular flexibility index (Phi) is 1.10. The molecule has 0 amide bonds. The smallest absolute Gasteiger partial charge is 0.195 e. The summed E-state index contributed by atoms with van der Waals surface area (Å²) in [5.74, 6) is -3.62. The Labute approximate surface area is 61.0 Å². The van der Waals surface area contributed by atoms with E-state index in [0.29, 0.717) is 5.56 Å². The van der Waals surface area contributed by atoms with Gasteiger partial charge >= 0.3 is 0 Å². The number of halogens is 3. The summed E-state index contributed by atoms with van der Waals surface area (Å²) in [5.41, 5.74) is 0.574. The van der Waals surface area contributed by atoms with Gasteiger partial charge in [0.1, 0.15) is 0 Å². The maximum absolute atomic E-state index is 12.6. The minimum absolute atomic E-state index is 0.156. The average molecular weight is 156 g/mol. The van der Waals surface area contributed by atoms with Crippen LogP contribution in [0.15, 0.2) is 6.07 Å². The maximum Gasteiger partial charge on any atom is 0.195 e. The fraction of sp³-hybridized carbons (Fsp3) is 0. The van der Waals surface area contributed by atoms with Crippen molar-refractivity contribution in [3.05, 3.63) is 34.6 Å². The Morgan fingerprint density at radius 3 is 2.18 bits per heavy atom. The zero-order valence-corrected chi connectivity index (χ0v) is 5.37. The van der Waals surface area contributed by atoms with Crippen LogP contribution in [0, 0.1) is 17.5 Å². The summed E-state index contributed by atoms with van der Waals surface area (Å²) < 4.78 is 37.5. The van der Waals surface area contributed by atoms with Crippen molar-refractivity contribution in [1.82, 2.24) is 0 Å². The van der Waals surface area contributed by atoms with Gasteiger partial charge in [-0.05, 0) is 11.6 Å². The van der Waals surface area contributed by atoms with Gasteiger partial charge < -0.3 is 0 Å². The summed E-state index contributed by atoms with van der Waals surface area (Å²) in [7, 11) is 0. The predicted molar refractivity (Wildman–Crippen MR) is 35.2 cm³/mol. The third-order valence-corrected chi connectivity index (χ3v) is 1.66. The Morgan fingerprint density at radius 1 is 0.909 bits per heavy atom. The van der Waals surface area contributed by atoms with Crippen LogP contribution in [0.25, 0.3) is 12.2 Å². The predicted octanol–water partition coefficient (Wildman–Crippen LogP) is 2.59. The molecule has 0 nitrogen and oxygen atoms in total. The van der Waals surface area contributed by atoms with E-state index in [1.165, 1.54) is 12.2 Å². The number of fused-ring (bicyclic) bond motifs is 1. The first-order valence-corrected chi connectivity index (χ1v) is 3.05. The molecule has 1 aromatic rings. The van der Waals surface area contributed by atoms with Crippen molar-refractivity contribution < 1.29 is 13.2 Å². The maximum atomic E-state index is 12.6. The summed E-state index contributed by atoms with van der Waals surface area (Å²) in [4.78, 5) is 0. The minimum atomic E-state index is -1.40. The highest BCUT2D eigenvalue weighted by atomic mass is 19.2. The molecule has 0 radical (unpaired) electrons. The molecule has 11 heavy (non-hydrogen) atoms. The van der Waals surface area contributed by atoms with Crippen molar-refractivity contribution in [2.45, 2.75) is 0 Å². The van der Waals surface area contributed by atoms with Gasteiger partial charge in [0, 0.05) is 5.56 Å². The molecule has 0 bridgehead atoms. The Hall–Kier alpha value is -1.25. The average Bonchev–Trinajstić information content (AvgIpc) is 1.93. The van der Waals surface area contributed by atoms with Gasteiger partial charge in [-0.25, -0.2) is 13.2 Å². The van der Waals surface area contributed by atoms with Crippen LogP contribution in [-0.4, -0.2) is 0 Å². The summed E-state index contributed by atoms with van der Waals surface area (Å²) in [6, 6.07) is 0.980. The second-order valence-corrected chi connectivity index (χ2v) is 2.32. The van der Waals surface area contributed by atoms with Crippen LogP contribution < -0.4 is 0 Å². The molecular formula is C8H3F3. The van der Waals surface area contributed by atoms with Crippen LogP contribution in [0.2, 0.25) is 0 Å². The molecule has 0 N–H and O–H groups in total. The molecule has 1 aliphatic rings. The Bertz CT molecular complexity index is 353. The van der Waals surface area contributed by atoms with Crippen LogP contribution in [0.4, 0.5) is 13.2 Å². The van der Waals surface area contributed by atoms with Gasteiger partial charge in [-0.3, -0.25) is 0 Å². The lowest BCUT2D eigenvalue weighted by atomic mass is 9.97. The van der Waals surface area contributed by atoms with Crippen LogP contribution in [-0.2, 0) is 0 Å². The fourth-order valence-corrected chi connectivity index (χ4v) is 1.01. The van der Waals surface area contributed by atoms with Gasteiger partial charge in [-0.1, -0.05) is 12.2 Å². The molecule has 0 atom stereocenters. The standard InChI is InChI=1S/C8H3F3/c9-6-3-4-1-2-5(4)7(10)8(6)11/h1-3H. The third kappa shape index (κ3) is 0.707. The molecule has 56 valence electrons. The Morgan fingerprint density at radius 2 is 1.64 bits per heavy atom. The van der Waals surface area contributed by atoms with E-state index in [2.05, 4.69) is 0 Å². The highest BCUT2D eigenvalue weighted by Crippen LogP contribution is 2.29. The van der Waals surface area contributed by atoms with Crippen molar-refractivity contribution in [3.63, 3.8) is 0 Å².